The predicted octanol–water partition coefficient (Wildman–Crippen LogP) is 0.625. The van der Waals surface area contributed by atoms with Crippen LogP contribution in [0.15, 0.2) is 0 Å². The summed E-state index contributed by atoms with van der Waals surface area (Å²) in [6.45, 7) is 5.88. The number of nitrogens with one attached hydrogen (secondary N) is 1. The van der Waals surface area contributed by atoms with E-state index in [-0.39, 0.29) is 17.9 Å². The first-order valence-electron chi connectivity index (χ1n) is 8.17. The van der Waals surface area contributed by atoms with Gasteiger partial charge >= 0.3 is 6.03 Å². The van der Waals surface area contributed by atoms with Gasteiger partial charge in [0, 0.05) is 38.6 Å². The van der Waals surface area contributed by atoms with Crippen molar-refractivity contribution in [2.75, 3.05) is 39.3 Å². The second-order valence-electron chi connectivity index (χ2n) is 6.10. The van der Waals surface area contributed by atoms with E-state index >= 15 is 0 Å². The van der Waals surface area contributed by atoms with Crippen LogP contribution in [0.2, 0.25) is 0 Å². The van der Waals surface area contributed by atoms with Crippen molar-refractivity contribution >= 4 is 11.9 Å². The molecule has 3 N–H and O–H groups in total. The van der Waals surface area contributed by atoms with Crippen LogP contribution in [0, 0.1) is 11.8 Å². The van der Waals surface area contributed by atoms with Crippen LogP contribution in [0.3, 0.4) is 0 Å². The summed E-state index contributed by atoms with van der Waals surface area (Å²) in [5, 5.41) is 2.81. The molecule has 21 heavy (non-hydrogen) atoms. The molecule has 0 bridgehead atoms. The molecule has 1 aliphatic carbocycles. The second-order valence-corrected chi connectivity index (χ2v) is 6.10. The number of hydrogen-bond donors (Lipinski definition) is 2. The van der Waals surface area contributed by atoms with E-state index in [1.165, 1.54) is 0 Å². The number of amides is 3. The minimum absolute atomic E-state index is 0.0203. The van der Waals surface area contributed by atoms with Crippen LogP contribution in [0.4, 0.5) is 4.79 Å². The van der Waals surface area contributed by atoms with Gasteiger partial charge in [-0.2, -0.15) is 0 Å². The van der Waals surface area contributed by atoms with Crippen LogP contribution >= 0.6 is 0 Å². The van der Waals surface area contributed by atoms with Gasteiger partial charge in [-0.1, -0.05) is 0 Å². The highest BCUT2D eigenvalue weighted by Crippen LogP contribution is 2.29. The zero-order chi connectivity index (χ0) is 15.2. The van der Waals surface area contributed by atoms with Crippen LogP contribution < -0.4 is 11.1 Å². The Morgan fingerprint density at radius 1 is 1.05 bits per heavy atom. The summed E-state index contributed by atoms with van der Waals surface area (Å²) in [5.41, 5.74) is 5.70. The Bertz CT molecular complexity index is 359. The van der Waals surface area contributed by atoms with Crippen LogP contribution in [0.25, 0.3) is 0 Å². The zero-order valence-corrected chi connectivity index (χ0v) is 13.0. The van der Waals surface area contributed by atoms with Crippen molar-refractivity contribution in [3.8, 4) is 0 Å². The van der Waals surface area contributed by atoms with Crippen molar-refractivity contribution in [1.29, 1.82) is 0 Å². The fourth-order valence-electron chi connectivity index (χ4n) is 3.30. The third kappa shape index (κ3) is 4.09. The quantitative estimate of drug-likeness (QED) is 0.801. The lowest BCUT2D eigenvalue weighted by molar-refractivity contribution is -0.138. The molecule has 2 aliphatic rings. The predicted molar refractivity (Wildman–Crippen MR) is 81.7 cm³/mol. The average molecular weight is 296 g/mol. The maximum absolute atomic E-state index is 12.5. The van der Waals surface area contributed by atoms with Crippen molar-refractivity contribution in [2.24, 2.45) is 17.6 Å². The van der Waals surface area contributed by atoms with Crippen LogP contribution in [0.1, 0.15) is 32.6 Å². The summed E-state index contributed by atoms with van der Waals surface area (Å²) in [6, 6.07) is -0.0203. The summed E-state index contributed by atoms with van der Waals surface area (Å²) in [7, 11) is 0. The van der Waals surface area contributed by atoms with Gasteiger partial charge in [-0.15, -0.1) is 0 Å². The highest BCUT2D eigenvalue weighted by Gasteiger charge is 2.31. The van der Waals surface area contributed by atoms with Gasteiger partial charge in [0.15, 0.2) is 0 Å². The molecule has 0 radical (unpaired) electrons. The molecular formula is C15H28N4O2. The van der Waals surface area contributed by atoms with E-state index < -0.39 is 0 Å². The summed E-state index contributed by atoms with van der Waals surface area (Å²) >= 11 is 0. The van der Waals surface area contributed by atoms with E-state index in [0.29, 0.717) is 38.6 Å². The van der Waals surface area contributed by atoms with E-state index in [2.05, 4.69) is 5.32 Å². The maximum atomic E-state index is 12.5. The summed E-state index contributed by atoms with van der Waals surface area (Å²) in [6.07, 6.45) is 4.09. The number of hydrogen-bond acceptors (Lipinski definition) is 3. The third-order valence-corrected chi connectivity index (χ3v) is 4.74. The minimum atomic E-state index is -0.0203. The van der Waals surface area contributed by atoms with E-state index in [1.54, 1.807) is 4.90 Å². The monoisotopic (exact) mass is 296 g/mol. The Labute approximate surface area is 127 Å². The Balaban J connectivity index is 1.77. The largest absolute Gasteiger partial charge is 0.339 e. The smallest absolute Gasteiger partial charge is 0.317 e. The first-order chi connectivity index (χ1) is 10.2. The molecule has 1 aliphatic heterocycles. The van der Waals surface area contributed by atoms with Gasteiger partial charge in [0.1, 0.15) is 0 Å². The first-order valence-corrected chi connectivity index (χ1v) is 8.17. The average Bonchev–Trinajstić information content (AvgIpc) is 2.54. The molecule has 0 atom stereocenters. The molecule has 3 amide bonds. The Morgan fingerprint density at radius 3 is 2.14 bits per heavy atom. The highest BCUT2D eigenvalue weighted by molar-refractivity contribution is 5.79. The molecule has 0 spiro atoms. The molecule has 0 unspecified atom stereocenters. The Hall–Kier alpha value is -1.30. The highest BCUT2D eigenvalue weighted by atomic mass is 16.2. The van der Waals surface area contributed by atoms with Gasteiger partial charge < -0.3 is 20.9 Å². The minimum Gasteiger partial charge on any atom is -0.339 e. The molecule has 1 saturated heterocycles. The van der Waals surface area contributed by atoms with Gasteiger partial charge in [-0.25, -0.2) is 4.79 Å². The van der Waals surface area contributed by atoms with Crippen LogP contribution in [0.5, 0.6) is 0 Å². The summed E-state index contributed by atoms with van der Waals surface area (Å²) < 4.78 is 0. The zero-order valence-electron chi connectivity index (χ0n) is 13.0. The van der Waals surface area contributed by atoms with Gasteiger partial charge in [-0.05, 0) is 45.1 Å². The number of rotatable bonds is 3. The number of piperazine rings is 1. The third-order valence-electron chi connectivity index (χ3n) is 4.74. The van der Waals surface area contributed by atoms with E-state index in [1.807, 2.05) is 11.8 Å². The lowest BCUT2D eigenvalue weighted by Crippen LogP contribution is -2.54. The molecule has 120 valence electrons. The van der Waals surface area contributed by atoms with E-state index in [9.17, 15) is 9.59 Å². The fourth-order valence-corrected chi connectivity index (χ4v) is 3.30. The Kier molecular flexibility index (Phi) is 5.85. The van der Waals surface area contributed by atoms with E-state index in [4.69, 9.17) is 5.73 Å². The molecule has 2 fully saturated rings. The molecule has 0 aromatic rings. The van der Waals surface area contributed by atoms with Gasteiger partial charge in [0.25, 0.3) is 0 Å². The number of carbonyl (C=O) groups is 2. The van der Waals surface area contributed by atoms with Gasteiger partial charge in [0.2, 0.25) is 5.91 Å². The number of urea groups is 1. The molecule has 6 heteroatoms. The Morgan fingerprint density at radius 2 is 1.62 bits per heavy atom. The topological polar surface area (TPSA) is 78.7 Å². The normalized spacial score (nSPS) is 26.6. The lowest BCUT2D eigenvalue weighted by atomic mass is 9.81. The molecule has 1 heterocycles. The van der Waals surface area contributed by atoms with Crippen molar-refractivity contribution in [2.45, 2.75) is 32.6 Å². The molecule has 0 aromatic carbocycles. The lowest BCUT2D eigenvalue weighted by Gasteiger charge is -2.37. The van der Waals surface area contributed by atoms with Crippen molar-refractivity contribution in [1.82, 2.24) is 15.1 Å². The van der Waals surface area contributed by atoms with E-state index in [0.717, 1.165) is 32.2 Å². The molecule has 1 saturated carbocycles. The number of carbonyl (C=O) groups excluding carboxylic acids is 2. The summed E-state index contributed by atoms with van der Waals surface area (Å²) in [4.78, 5) is 28.0. The van der Waals surface area contributed by atoms with Gasteiger partial charge in [0.05, 0.1) is 0 Å². The van der Waals surface area contributed by atoms with Crippen molar-refractivity contribution in [3.05, 3.63) is 0 Å². The molecule has 2 rings (SSSR count). The van der Waals surface area contributed by atoms with Crippen LogP contribution in [-0.2, 0) is 4.79 Å². The summed E-state index contributed by atoms with van der Waals surface area (Å²) in [5.74, 6) is 1.05. The number of nitrogens with two attached hydrogens (primary N) is 1. The standard InChI is InChI=1S/C15H28N4O2/c1-2-17-15(21)19-9-7-18(8-10-19)14(20)13-5-3-12(11-16)4-6-13/h12-13H,2-11,16H2,1H3,(H,17,21). The van der Waals surface area contributed by atoms with Crippen LogP contribution in [-0.4, -0.2) is 61.0 Å². The van der Waals surface area contributed by atoms with Gasteiger partial charge in [-0.3, -0.25) is 4.79 Å². The molecule has 6 nitrogen and oxygen atoms in total. The molecule has 0 aromatic heterocycles. The van der Waals surface area contributed by atoms with Crippen molar-refractivity contribution < 1.29 is 9.59 Å². The maximum Gasteiger partial charge on any atom is 0.317 e. The fraction of sp³-hybridized carbons (Fsp3) is 0.867. The number of nitrogens with zero attached hydrogens (tertiary/aromatic N) is 2. The second kappa shape index (κ2) is 7.64. The first kappa shape index (κ1) is 16.1. The SMILES string of the molecule is CCNC(=O)N1CCN(C(=O)C2CCC(CN)CC2)CC1. The van der Waals surface area contributed by atoms with Crippen molar-refractivity contribution in [3.63, 3.8) is 0 Å². The molecular weight excluding hydrogens is 268 g/mol.